The zero-order valence-electron chi connectivity index (χ0n) is 12.2. The molecule has 1 atom stereocenters. The third kappa shape index (κ3) is 3.00. The minimum absolute atomic E-state index is 0.0875. The summed E-state index contributed by atoms with van der Waals surface area (Å²) in [5, 5.41) is 18.3. The Bertz CT molecular complexity index is 559. The van der Waals surface area contributed by atoms with Gasteiger partial charge in [-0.1, -0.05) is 12.1 Å². The number of aromatic carboxylic acids is 1. The molecule has 0 bridgehead atoms. The number of hydrogen-bond acceptors (Lipinski definition) is 3. The number of aliphatic hydroxyl groups is 1. The van der Waals surface area contributed by atoms with Crippen LogP contribution in [0.1, 0.15) is 28.4 Å². The van der Waals surface area contributed by atoms with Crippen molar-refractivity contribution < 1.29 is 19.8 Å². The molecular weight excluding hydrogens is 272 g/mol. The monoisotopic (exact) mass is 292 g/mol. The summed E-state index contributed by atoms with van der Waals surface area (Å²) in [6.07, 6.45) is 0.533. The van der Waals surface area contributed by atoms with E-state index in [0.717, 1.165) is 11.1 Å². The molecule has 0 saturated heterocycles. The van der Waals surface area contributed by atoms with Gasteiger partial charge in [0.2, 0.25) is 0 Å². The van der Waals surface area contributed by atoms with Gasteiger partial charge in [-0.2, -0.15) is 0 Å². The number of rotatable bonds is 3. The second-order valence-electron chi connectivity index (χ2n) is 5.35. The first-order valence-electron chi connectivity index (χ1n) is 6.92. The number of benzene rings is 1. The molecule has 0 spiro atoms. The Morgan fingerprint density at radius 2 is 2.14 bits per heavy atom. The summed E-state index contributed by atoms with van der Waals surface area (Å²) in [7, 11) is 1.66. The molecule has 0 radical (unpaired) electrons. The van der Waals surface area contributed by atoms with Gasteiger partial charge in [-0.25, -0.2) is 9.59 Å². The molecule has 1 heterocycles. The van der Waals surface area contributed by atoms with Crippen molar-refractivity contribution in [1.82, 2.24) is 9.80 Å². The van der Waals surface area contributed by atoms with E-state index in [1.165, 1.54) is 4.90 Å². The van der Waals surface area contributed by atoms with Crippen LogP contribution in [-0.4, -0.2) is 58.3 Å². The standard InChI is InChI=1S/C15H20N2O4/c1-10(9-18)16(2)15(21)17-7-6-12-11(8-17)4-3-5-13(12)14(19)20/h3-5,10,18H,6-9H2,1-2H3,(H,19,20). The topological polar surface area (TPSA) is 81.1 Å². The van der Waals surface area contributed by atoms with E-state index in [1.54, 1.807) is 31.0 Å². The number of nitrogens with zero attached hydrogens (tertiary/aromatic N) is 2. The van der Waals surface area contributed by atoms with Gasteiger partial charge in [0.1, 0.15) is 0 Å². The average Bonchev–Trinajstić information content (AvgIpc) is 2.51. The molecular formula is C15H20N2O4. The highest BCUT2D eigenvalue weighted by Crippen LogP contribution is 2.23. The predicted molar refractivity (Wildman–Crippen MR) is 77.2 cm³/mol. The SMILES string of the molecule is CC(CO)N(C)C(=O)N1CCc2c(cccc2C(=O)O)C1. The van der Waals surface area contributed by atoms with E-state index in [1.807, 2.05) is 6.07 Å². The fraction of sp³-hybridized carbons (Fsp3) is 0.467. The molecule has 1 aliphatic rings. The quantitative estimate of drug-likeness (QED) is 0.876. The van der Waals surface area contributed by atoms with Gasteiger partial charge < -0.3 is 20.0 Å². The number of hydrogen-bond donors (Lipinski definition) is 2. The van der Waals surface area contributed by atoms with Crippen LogP contribution in [0.4, 0.5) is 4.79 Å². The lowest BCUT2D eigenvalue weighted by Crippen LogP contribution is -2.48. The summed E-state index contributed by atoms with van der Waals surface area (Å²) in [6.45, 7) is 2.57. The summed E-state index contributed by atoms with van der Waals surface area (Å²) >= 11 is 0. The largest absolute Gasteiger partial charge is 0.478 e. The molecule has 6 nitrogen and oxygen atoms in total. The number of carbonyl (C=O) groups excluding carboxylic acids is 1. The van der Waals surface area contributed by atoms with Crippen molar-refractivity contribution in [3.63, 3.8) is 0 Å². The van der Waals surface area contributed by atoms with Gasteiger partial charge in [-0.05, 0) is 30.5 Å². The Kier molecular flexibility index (Phi) is 4.47. The predicted octanol–water partition coefficient (Wildman–Crippen LogP) is 1.18. The summed E-state index contributed by atoms with van der Waals surface area (Å²) in [6, 6.07) is 4.76. The van der Waals surface area contributed by atoms with Crippen molar-refractivity contribution in [2.75, 3.05) is 20.2 Å². The van der Waals surface area contributed by atoms with Gasteiger partial charge in [0.05, 0.1) is 18.2 Å². The van der Waals surface area contributed by atoms with E-state index in [2.05, 4.69) is 0 Å². The van der Waals surface area contributed by atoms with Crippen LogP contribution in [0.5, 0.6) is 0 Å². The Balaban J connectivity index is 2.18. The lowest BCUT2D eigenvalue weighted by Gasteiger charge is -2.34. The van der Waals surface area contributed by atoms with Crippen LogP contribution in [0, 0.1) is 0 Å². The minimum Gasteiger partial charge on any atom is -0.478 e. The molecule has 1 aromatic rings. The lowest BCUT2D eigenvalue weighted by atomic mass is 9.94. The first-order valence-corrected chi connectivity index (χ1v) is 6.92. The van der Waals surface area contributed by atoms with Crippen LogP contribution >= 0.6 is 0 Å². The Morgan fingerprint density at radius 1 is 1.43 bits per heavy atom. The van der Waals surface area contributed by atoms with Crippen LogP contribution in [0.3, 0.4) is 0 Å². The van der Waals surface area contributed by atoms with Gasteiger partial charge >= 0.3 is 12.0 Å². The zero-order chi connectivity index (χ0) is 15.6. The van der Waals surface area contributed by atoms with Crippen LogP contribution in [0.15, 0.2) is 18.2 Å². The van der Waals surface area contributed by atoms with Crippen LogP contribution in [0.2, 0.25) is 0 Å². The maximum absolute atomic E-state index is 12.4. The number of likely N-dealkylation sites (N-methyl/N-ethyl adjacent to an activating group) is 1. The molecule has 0 fully saturated rings. The van der Waals surface area contributed by atoms with Gasteiger partial charge in [0, 0.05) is 20.1 Å². The minimum atomic E-state index is -0.933. The van der Waals surface area contributed by atoms with Crippen molar-refractivity contribution >= 4 is 12.0 Å². The van der Waals surface area contributed by atoms with Crippen molar-refractivity contribution in [3.05, 3.63) is 34.9 Å². The first-order chi connectivity index (χ1) is 9.95. The number of carboxylic acids is 1. The fourth-order valence-electron chi connectivity index (χ4n) is 2.51. The van der Waals surface area contributed by atoms with E-state index in [4.69, 9.17) is 5.11 Å². The van der Waals surface area contributed by atoms with E-state index in [9.17, 15) is 14.7 Å². The van der Waals surface area contributed by atoms with E-state index in [0.29, 0.717) is 25.1 Å². The third-order valence-corrected chi connectivity index (χ3v) is 3.99. The number of carbonyl (C=O) groups is 2. The molecule has 0 aliphatic carbocycles. The molecule has 2 N–H and O–H groups in total. The number of urea groups is 1. The van der Waals surface area contributed by atoms with Crippen LogP contribution in [0.25, 0.3) is 0 Å². The Morgan fingerprint density at radius 3 is 2.76 bits per heavy atom. The van der Waals surface area contributed by atoms with Crippen LogP contribution < -0.4 is 0 Å². The van der Waals surface area contributed by atoms with E-state index in [-0.39, 0.29) is 18.7 Å². The van der Waals surface area contributed by atoms with E-state index < -0.39 is 5.97 Å². The normalized spacial score (nSPS) is 15.3. The summed E-state index contributed by atoms with van der Waals surface area (Å²) in [4.78, 5) is 26.7. The number of fused-ring (bicyclic) bond motifs is 1. The molecule has 1 aliphatic heterocycles. The van der Waals surface area contributed by atoms with Gasteiger partial charge in [-0.15, -0.1) is 0 Å². The van der Waals surface area contributed by atoms with Crippen molar-refractivity contribution in [1.29, 1.82) is 0 Å². The molecule has 6 heteroatoms. The highest BCUT2D eigenvalue weighted by molar-refractivity contribution is 5.90. The summed E-state index contributed by atoms with van der Waals surface area (Å²) in [5.41, 5.74) is 2.00. The van der Waals surface area contributed by atoms with Crippen molar-refractivity contribution in [2.45, 2.75) is 25.9 Å². The smallest absolute Gasteiger partial charge is 0.335 e. The molecule has 0 saturated carbocycles. The molecule has 2 amide bonds. The second-order valence-corrected chi connectivity index (χ2v) is 5.35. The number of carboxylic acid groups (broad SMARTS) is 1. The molecule has 114 valence electrons. The Labute approximate surface area is 123 Å². The zero-order valence-corrected chi connectivity index (χ0v) is 12.2. The Hall–Kier alpha value is -2.08. The highest BCUT2D eigenvalue weighted by atomic mass is 16.4. The molecule has 0 aromatic heterocycles. The maximum atomic E-state index is 12.4. The van der Waals surface area contributed by atoms with E-state index >= 15 is 0 Å². The third-order valence-electron chi connectivity index (χ3n) is 3.99. The molecule has 21 heavy (non-hydrogen) atoms. The lowest BCUT2D eigenvalue weighted by molar-refractivity contribution is 0.0694. The summed E-state index contributed by atoms with van der Waals surface area (Å²) < 4.78 is 0. The van der Waals surface area contributed by atoms with Gasteiger partial charge in [0.15, 0.2) is 0 Å². The molecule has 1 aromatic carbocycles. The molecule has 1 unspecified atom stereocenters. The first kappa shape index (κ1) is 15.3. The number of amides is 2. The van der Waals surface area contributed by atoms with Gasteiger partial charge in [0.25, 0.3) is 0 Å². The van der Waals surface area contributed by atoms with Crippen molar-refractivity contribution in [3.8, 4) is 0 Å². The molecule has 2 rings (SSSR count). The van der Waals surface area contributed by atoms with Crippen molar-refractivity contribution in [2.24, 2.45) is 0 Å². The fourth-order valence-corrected chi connectivity index (χ4v) is 2.51. The number of aliphatic hydroxyl groups excluding tert-OH is 1. The average molecular weight is 292 g/mol. The highest BCUT2D eigenvalue weighted by Gasteiger charge is 2.27. The van der Waals surface area contributed by atoms with Gasteiger partial charge in [-0.3, -0.25) is 0 Å². The second kappa shape index (κ2) is 6.13. The maximum Gasteiger partial charge on any atom is 0.335 e. The van der Waals surface area contributed by atoms with Crippen LogP contribution in [-0.2, 0) is 13.0 Å². The summed E-state index contributed by atoms with van der Waals surface area (Å²) in [5.74, 6) is -0.933.